The lowest BCUT2D eigenvalue weighted by Gasteiger charge is -2.14. The molecule has 1 saturated heterocycles. The Kier molecular flexibility index (Phi) is 5.22. The minimum Gasteiger partial charge on any atom is -0.398 e. The van der Waals surface area contributed by atoms with Gasteiger partial charge in [0.25, 0.3) is 5.91 Å². The van der Waals surface area contributed by atoms with Crippen LogP contribution in [0.1, 0.15) is 29.6 Å². The maximum atomic E-state index is 12.0. The molecule has 0 aliphatic carbocycles. The Morgan fingerprint density at radius 3 is 2.84 bits per heavy atom. The van der Waals surface area contributed by atoms with E-state index in [0.717, 1.165) is 17.4 Å². The molecular formula is C14H20BrN3O. The zero-order chi connectivity index (χ0) is 13.7. The first-order valence-corrected chi connectivity index (χ1v) is 7.52. The molecule has 0 aromatic heterocycles. The molecule has 19 heavy (non-hydrogen) atoms. The van der Waals surface area contributed by atoms with E-state index >= 15 is 0 Å². The van der Waals surface area contributed by atoms with E-state index in [-0.39, 0.29) is 5.91 Å². The number of nitrogens with one attached hydrogen (secondary N) is 1. The fourth-order valence-corrected chi connectivity index (χ4v) is 2.69. The normalized spacial score (nSPS) is 15.6. The number of hydrogen-bond donors (Lipinski definition) is 2. The highest BCUT2D eigenvalue weighted by Gasteiger charge is 2.12. The van der Waals surface area contributed by atoms with Gasteiger partial charge in [-0.15, -0.1) is 0 Å². The fraction of sp³-hybridized carbons (Fsp3) is 0.500. The fourth-order valence-electron chi connectivity index (χ4n) is 2.33. The van der Waals surface area contributed by atoms with E-state index in [1.807, 2.05) is 6.07 Å². The quantitative estimate of drug-likeness (QED) is 0.644. The Labute approximate surface area is 122 Å². The van der Waals surface area contributed by atoms with Crippen LogP contribution in [0.3, 0.4) is 0 Å². The first-order valence-electron chi connectivity index (χ1n) is 6.72. The highest BCUT2D eigenvalue weighted by molar-refractivity contribution is 9.10. The number of nitrogens with two attached hydrogens (primary N) is 1. The number of likely N-dealkylation sites (tertiary alicyclic amines) is 1. The largest absolute Gasteiger partial charge is 0.398 e. The minimum atomic E-state index is -0.0970. The van der Waals surface area contributed by atoms with Gasteiger partial charge in [0.1, 0.15) is 0 Å². The number of nitrogens with zero attached hydrogens (tertiary/aromatic N) is 1. The Morgan fingerprint density at radius 2 is 2.11 bits per heavy atom. The molecule has 0 bridgehead atoms. The highest BCUT2D eigenvalue weighted by atomic mass is 79.9. The third-order valence-electron chi connectivity index (χ3n) is 3.40. The molecule has 1 aliphatic rings. The summed E-state index contributed by atoms with van der Waals surface area (Å²) in [6, 6.07) is 5.33. The van der Waals surface area contributed by atoms with Gasteiger partial charge in [0.15, 0.2) is 0 Å². The van der Waals surface area contributed by atoms with Gasteiger partial charge in [-0.2, -0.15) is 0 Å². The maximum absolute atomic E-state index is 12.0. The lowest BCUT2D eigenvalue weighted by Crippen LogP contribution is -2.29. The molecule has 1 aliphatic heterocycles. The third-order valence-corrected chi connectivity index (χ3v) is 3.89. The summed E-state index contributed by atoms with van der Waals surface area (Å²) in [5, 5.41) is 2.92. The molecule has 1 aromatic carbocycles. The number of hydrogen-bond acceptors (Lipinski definition) is 3. The van der Waals surface area contributed by atoms with Crippen LogP contribution in [0.4, 0.5) is 5.69 Å². The van der Waals surface area contributed by atoms with Crippen LogP contribution in [0, 0.1) is 0 Å². The lowest BCUT2D eigenvalue weighted by atomic mass is 10.1. The molecule has 1 aromatic rings. The summed E-state index contributed by atoms with van der Waals surface area (Å²) in [5.41, 5.74) is 6.86. The molecule has 1 amide bonds. The zero-order valence-electron chi connectivity index (χ0n) is 11.0. The summed E-state index contributed by atoms with van der Waals surface area (Å²) in [7, 11) is 0. The molecule has 1 heterocycles. The Balaban J connectivity index is 1.75. The Hall–Kier alpha value is -1.07. The molecule has 0 spiro atoms. The second-order valence-corrected chi connectivity index (χ2v) is 5.81. The average molecular weight is 326 g/mol. The van der Waals surface area contributed by atoms with Gasteiger partial charge in [-0.25, -0.2) is 0 Å². The summed E-state index contributed by atoms with van der Waals surface area (Å²) < 4.78 is 0.865. The Bertz CT molecular complexity index is 444. The molecule has 4 nitrogen and oxygen atoms in total. The number of amides is 1. The average Bonchev–Trinajstić information content (AvgIpc) is 2.90. The number of rotatable bonds is 5. The van der Waals surface area contributed by atoms with Crippen LogP contribution in [-0.2, 0) is 0 Å². The predicted molar refractivity (Wildman–Crippen MR) is 81.2 cm³/mol. The first kappa shape index (κ1) is 14.3. The summed E-state index contributed by atoms with van der Waals surface area (Å²) in [5.74, 6) is -0.0970. The van der Waals surface area contributed by atoms with Crippen molar-refractivity contribution in [3.05, 3.63) is 28.2 Å². The van der Waals surface area contributed by atoms with Gasteiger partial charge in [-0.1, -0.05) is 15.9 Å². The second kappa shape index (κ2) is 6.91. The van der Waals surface area contributed by atoms with Crippen LogP contribution in [-0.4, -0.2) is 37.0 Å². The summed E-state index contributed by atoms with van der Waals surface area (Å²) in [6.07, 6.45) is 3.60. The standard InChI is InChI=1S/C14H20BrN3O/c15-11-4-5-13(16)12(10-11)14(19)17-6-3-9-18-7-1-2-8-18/h4-5,10H,1-3,6-9,16H2,(H,17,19). The molecule has 3 N–H and O–H groups in total. The van der Waals surface area contributed by atoms with E-state index in [2.05, 4.69) is 26.1 Å². The van der Waals surface area contributed by atoms with E-state index < -0.39 is 0 Å². The molecule has 0 saturated carbocycles. The van der Waals surface area contributed by atoms with Crippen LogP contribution < -0.4 is 11.1 Å². The van der Waals surface area contributed by atoms with E-state index in [9.17, 15) is 4.79 Å². The first-order chi connectivity index (χ1) is 9.16. The van der Waals surface area contributed by atoms with E-state index in [1.54, 1.807) is 12.1 Å². The summed E-state index contributed by atoms with van der Waals surface area (Å²) in [6.45, 7) is 4.16. The van der Waals surface area contributed by atoms with E-state index in [4.69, 9.17) is 5.73 Å². The van der Waals surface area contributed by atoms with Gasteiger partial charge < -0.3 is 16.0 Å². The molecule has 0 atom stereocenters. The van der Waals surface area contributed by atoms with Crippen molar-refractivity contribution in [1.29, 1.82) is 0 Å². The number of carbonyl (C=O) groups is 1. The summed E-state index contributed by atoms with van der Waals surface area (Å²) >= 11 is 3.35. The summed E-state index contributed by atoms with van der Waals surface area (Å²) in [4.78, 5) is 14.4. The molecule has 0 radical (unpaired) electrons. The van der Waals surface area contributed by atoms with Crippen molar-refractivity contribution in [3.63, 3.8) is 0 Å². The third kappa shape index (κ3) is 4.21. The number of halogens is 1. The number of benzene rings is 1. The topological polar surface area (TPSA) is 58.4 Å². The van der Waals surface area contributed by atoms with Gasteiger partial charge in [0.2, 0.25) is 0 Å². The zero-order valence-corrected chi connectivity index (χ0v) is 12.6. The second-order valence-electron chi connectivity index (χ2n) is 4.89. The van der Waals surface area contributed by atoms with Crippen LogP contribution in [0.2, 0.25) is 0 Å². The molecule has 1 fully saturated rings. The van der Waals surface area contributed by atoms with E-state index in [0.29, 0.717) is 17.8 Å². The van der Waals surface area contributed by atoms with Crippen LogP contribution in [0.25, 0.3) is 0 Å². The monoisotopic (exact) mass is 325 g/mol. The number of carbonyl (C=O) groups excluding carboxylic acids is 1. The van der Waals surface area contributed by atoms with E-state index in [1.165, 1.54) is 25.9 Å². The van der Waals surface area contributed by atoms with Crippen molar-refractivity contribution in [2.75, 3.05) is 31.9 Å². The number of anilines is 1. The van der Waals surface area contributed by atoms with Crippen LogP contribution in [0.5, 0.6) is 0 Å². The Morgan fingerprint density at radius 1 is 1.37 bits per heavy atom. The van der Waals surface area contributed by atoms with Crippen molar-refractivity contribution in [2.24, 2.45) is 0 Å². The van der Waals surface area contributed by atoms with Gasteiger partial charge in [0, 0.05) is 16.7 Å². The molecule has 2 rings (SSSR count). The van der Waals surface area contributed by atoms with Gasteiger partial charge >= 0.3 is 0 Å². The van der Waals surface area contributed by atoms with Crippen molar-refractivity contribution in [3.8, 4) is 0 Å². The molecule has 104 valence electrons. The molecule has 0 unspecified atom stereocenters. The van der Waals surface area contributed by atoms with Crippen molar-refractivity contribution >= 4 is 27.5 Å². The smallest absolute Gasteiger partial charge is 0.253 e. The van der Waals surface area contributed by atoms with Crippen molar-refractivity contribution in [1.82, 2.24) is 10.2 Å². The number of nitrogen functional groups attached to an aromatic ring is 1. The SMILES string of the molecule is Nc1ccc(Br)cc1C(=O)NCCCN1CCCC1. The minimum absolute atomic E-state index is 0.0970. The van der Waals surface area contributed by atoms with Crippen molar-refractivity contribution < 1.29 is 4.79 Å². The maximum Gasteiger partial charge on any atom is 0.253 e. The van der Waals surface area contributed by atoms with Gasteiger partial charge in [0.05, 0.1) is 5.56 Å². The van der Waals surface area contributed by atoms with Gasteiger partial charge in [-0.05, 0) is 57.1 Å². The lowest BCUT2D eigenvalue weighted by molar-refractivity contribution is 0.0953. The highest BCUT2D eigenvalue weighted by Crippen LogP contribution is 2.18. The van der Waals surface area contributed by atoms with Crippen LogP contribution >= 0.6 is 15.9 Å². The van der Waals surface area contributed by atoms with Crippen LogP contribution in [0.15, 0.2) is 22.7 Å². The molecule has 5 heteroatoms. The molecular weight excluding hydrogens is 306 g/mol. The van der Waals surface area contributed by atoms with Gasteiger partial charge in [-0.3, -0.25) is 4.79 Å². The van der Waals surface area contributed by atoms with Crippen molar-refractivity contribution in [2.45, 2.75) is 19.3 Å². The predicted octanol–water partition coefficient (Wildman–Crippen LogP) is 2.25.